The van der Waals surface area contributed by atoms with Gasteiger partial charge < -0.3 is 15.0 Å². The molecule has 0 unspecified atom stereocenters. The fourth-order valence-electron chi connectivity index (χ4n) is 4.72. The Morgan fingerprint density at radius 1 is 1.03 bits per heavy atom. The monoisotopic (exact) mass is 535 g/mol. The van der Waals surface area contributed by atoms with E-state index in [2.05, 4.69) is 15.5 Å². The van der Waals surface area contributed by atoms with Crippen molar-refractivity contribution in [1.82, 2.24) is 20.4 Å². The number of methoxy groups -OCH3 is 1. The van der Waals surface area contributed by atoms with Crippen molar-refractivity contribution in [1.29, 1.82) is 0 Å². The SMILES string of the molecule is COc1cccc(C(=O)N2CCC(S(=O)(=O)c3ccc(N(C(=O)C4CNC4)c4cccnn4)cc3)CC2)c1. The fraction of sp³-hybridized carbons (Fsp3) is 0.333. The van der Waals surface area contributed by atoms with Gasteiger partial charge in [-0.1, -0.05) is 6.07 Å². The maximum atomic E-state index is 13.4. The molecule has 10 nitrogen and oxygen atoms in total. The molecule has 2 aromatic carbocycles. The molecule has 3 aromatic rings. The molecule has 2 aliphatic rings. The number of hydrogen-bond acceptors (Lipinski definition) is 8. The Morgan fingerprint density at radius 3 is 2.37 bits per heavy atom. The number of carbonyl (C=O) groups excluding carboxylic acids is 2. The number of ether oxygens (including phenoxy) is 1. The lowest BCUT2D eigenvalue weighted by atomic mass is 10.0. The van der Waals surface area contributed by atoms with Crippen LogP contribution in [0.2, 0.25) is 0 Å². The second-order valence-electron chi connectivity index (χ2n) is 9.37. The van der Waals surface area contributed by atoms with E-state index in [9.17, 15) is 18.0 Å². The third-order valence-corrected chi connectivity index (χ3v) is 9.32. The highest BCUT2D eigenvalue weighted by Gasteiger charge is 2.34. The first kappa shape index (κ1) is 25.8. The van der Waals surface area contributed by atoms with E-state index in [-0.39, 0.29) is 22.6 Å². The summed E-state index contributed by atoms with van der Waals surface area (Å²) in [4.78, 5) is 29.4. The normalized spacial score (nSPS) is 16.5. The molecule has 0 aliphatic carbocycles. The zero-order chi connectivity index (χ0) is 26.7. The highest BCUT2D eigenvalue weighted by Crippen LogP contribution is 2.30. The number of piperidine rings is 1. The third kappa shape index (κ3) is 5.11. The van der Waals surface area contributed by atoms with Gasteiger partial charge >= 0.3 is 0 Å². The molecule has 2 fully saturated rings. The maximum absolute atomic E-state index is 13.4. The Morgan fingerprint density at radius 2 is 1.76 bits per heavy atom. The predicted molar refractivity (Wildman–Crippen MR) is 141 cm³/mol. The van der Waals surface area contributed by atoms with E-state index >= 15 is 0 Å². The van der Waals surface area contributed by atoms with E-state index in [1.54, 1.807) is 60.5 Å². The highest BCUT2D eigenvalue weighted by molar-refractivity contribution is 7.92. The van der Waals surface area contributed by atoms with Crippen LogP contribution in [0.25, 0.3) is 0 Å². The molecule has 2 amide bonds. The quantitative estimate of drug-likeness (QED) is 0.490. The smallest absolute Gasteiger partial charge is 0.253 e. The lowest BCUT2D eigenvalue weighted by molar-refractivity contribution is -0.123. The molecule has 0 spiro atoms. The molecule has 38 heavy (non-hydrogen) atoms. The number of carbonyl (C=O) groups is 2. The number of aromatic nitrogens is 2. The van der Waals surface area contributed by atoms with E-state index < -0.39 is 15.1 Å². The van der Waals surface area contributed by atoms with Crippen LogP contribution < -0.4 is 15.0 Å². The third-order valence-electron chi connectivity index (χ3n) is 7.05. The van der Waals surface area contributed by atoms with Gasteiger partial charge in [-0.05, 0) is 67.4 Å². The second-order valence-corrected chi connectivity index (χ2v) is 11.6. The molecule has 0 saturated carbocycles. The van der Waals surface area contributed by atoms with Gasteiger partial charge in [0, 0.05) is 37.9 Å². The Labute approximate surface area is 221 Å². The van der Waals surface area contributed by atoms with Crippen LogP contribution in [0.15, 0.2) is 71.8 Å². The fourth-order valence-corrected chi connectivity index (χ4v) is 6.45. The minimum absolute atomic E-state index is 0.118. The van der Waals surface area contributed by atoms with Crippen LogP contribution in [-0.2, 0) is 14.6 Å². The molecule has 0 radical (unpaired) electrons. The van der Waals surface area contributed by atoms with Crippen LogP contribution in [0.4, 0.5) is 11.5 Å². The lowest BCUT2D eigenvalue weighted by Gasteiger charge is -2.32. The van der Waals surface area contributed by atoms with E-state index in [0.717, 1.165) is 0 Å². The Hall–Kier alpha value is -3.83. The molecule has 2 aliphatic heterocycles. The minimum Gasteiger partial charge on any atom is -0.497 e. The van der Waals surface area contributed by atoms with Crippen LogP contribution in [0.1, 0.15) is 23.2 Å². The second kappa shape index (κ2) is 10.9. The zero-order valence-electron chi connectivity index (χ0n) is 21.0. The van der Waals surface area contributed by atoms with Crippen molar-refractivity contribution in [2.75, 3.05) is 38.2 Å². The number of hydrogen-bond donors (Lipinski definition) is 1. The van der Waals surface area contributed by atoms with Gasteiger partial charge in [-0.2, -0.15) is 5.10 Å². The average molecular weight is 536 g/mol. The number of amides is 2. The van der Waals surface area contributed by atoms with Crippen molar-refractivity contribution in [3.05, 3.63) is 72.4 Å². The van der Waals surface area contributed by atoms with Gasteiger partial charge in [-0.25, -0.2) is 8.42 Å². The van der Waals surface area contributed by atoms with Crippen molar-refractivity contribution >= 4 is 33.2 Å². The summed E-state index contributed by atoms with van der Waals surface area (Å²) in [6.45, 7) is 1.87. The summed E-state index contributed by atoms with van der Waals surface area (Å²) in [6, 6.07) is 16.7. The van der Waals surface area contributed by atoms with Crippen LogP contribution in [-0.4, -0.2) is 73.9 Å². The van der Waals surface area contributed by atoms with Crippen LogP contribution >= 0.6 is 0 Å². The van der Waals surface area contributed by atoms with Gasteiger partial charge in [0.15, 0.2) is 15.7 Å². The molecular formula is C27H29N5O5S. The van der Waals surface area contributed by atoms with Crippen molar-refractivity contribution < 1.29 is 22.7 Å². The lowest BCUT2D eigenvalue weighted by Crippen LogP contribution is -2.51. The number of likely N-dealkylation sites (tertiary alicyclic amines) is 1. The molecule has 11 heteroatoms. The summed E-state index contributed by atoms with van der Waals surface area (Å²) in [5, 5.41) is 10.5. The molecular weight excluding hydrogens is 506 g/mol. The first-order chi connectivity index (χ1) is 18.4. The Kier molecular flexibility index (Phi) is 7.39. The summed E-state index contributed by atoms with van der Waals surface area (Å²) in [7, 11) is -2.08. The summed E-state index contributed by atoms with van der Waals surface area (Å²) in [6.07, 6.45) is 2.22. The van der Waals surface area contributed by atoms with Crippen LogP contribution in [0, 0.1) is 5.92 Å². The summed E-state index contributed by atoms with van der Waals surface area (Å²) in [5.74, 6) is 0.548. The maximum Gasteiger partial charge on any atom is 0.253 e. The molecule has 2 saturated heterocycles. The molecule has 5 rings (SSSR count). The van der Waals surface area contributed by atoms with Gasteiger partial charge in [0.05, 0.1) is 28.9 Å². The standard InChI is InChI=1S/C27H29N5O5S/c1-37-22-5-2-4-19(16-22)26(33)31-14-11-24(12-15-31)38(35,36)23-9-7-21(8-10-23)32(25-6-3-13-29-30-25)27(34)20-17-28-18-20/h2-10,13,16,20,24,28H,11-12,14-15,17-18H2,1H3. The van der Waals surface area contributed by atoms with Gasteiger partial charge in [0.25, 0.3) is 5.91 Å². The van der Waals surface area contributed by atoms with Crippen LogP contribution in [0.3, 0.4) is 0 Å². The summed E-state index contributed by atoms with van der Waals surface area (Å²) in [5.41, 5.74) is 1.04. The number of nitrogens with one attached hydrogen (secondary N) is 1. The molecule has 1 N–H and O–H groups in total. The number of benzene rings is 2. The zero-order valence-corrected chi connectivity index (χ0v) is 21.8. The number of sulfone groups is 1. The van der Waals surface area contributed by atoms with E-state index in [0.29, 0.717) is 61.8 Å². The van der Waals surface area contributed by atoms with Crippen molar-refractivity contribution in [2.45, 2.75) is 23.0 Å². The number of anilines is 2. The highest BCUT2D eigenvalue weighted by atomic mass is 32.2. The molecule has 3 heterocycles. The van der Waals surface area contributed by atoms with E-state index in [1.807, 2.05) is 0 Å². The first-order valence-electron chi connectivity index (χ1n) is 12.5. The molecule has 0 atom stereocenters. The van der Waals surface area contributed by atoms with E-state index in [4.69, 9.17) is 4.74 Å². The number of nitrogens with zero attached hydrogens (tertiary/aromatic N) is 4. The average Bonchev–Trinajstić information content (AvgIpc) is 2.93. The molecule has 0 bridgehead atoms. The molecule has 1 aromatic heterocycles. The van der Waals surface area contributed by atoms with E-state index in [1.165, 1.54) is 23.2 Å². The minimum atomic E-state index is -3.62. The Bertz CT molecular complexity index is 1400. The topological polar surface area (TPSA) is 122 Å². The van der Waals surface area contributed by atoms with Crippen LogP contribution in [0.5, 0.6) is 5.75 Å². The van der Waals surface area contributed by atoms with Gasteiger partial charge in [0.2, 0.25) is 5.91 Å². The predicted octanol–water partition coefficient (Wildman–Crippen LogP) is 2.45. The van der Waals surface area contributed by atoms with Gasteiger partial charge in [0.1, 0.15) is 5.75 Å². The van der Waals surface area contributed by atoms with Crippen molar-refractivity contribution in [2.24, 2.45) is 5.92 Å². The Balaban J connectivity index is 1.29. The largest absolute Gasteiger partial charge is 0.497 e. The van der Waals surface area contributed by atoms with Gasteiger partial charge in [-0.15, -0.1) is 5.10 Å². The van der Waals surface area contributed by atoms with Crippen molar-refractivity contribution in [3.63, 3.8) is 0 Å². The van der Waals surface area contributed by atoms with Gasteiger partial charge in [-0.3, -0.25) is 14.5 Å². The summed E-state index contributed by atoms with van der Waals surface area (Å²) < 4.78 is 32.1. The summed E-state index contributed by atoms with van der Waals surface area (Å²) >= 11 is 0. The molecule has 198 valence electrons. The first-order valence-corrected chi connectivity index (χ1v) is 14.0. The van der Waals surface area contributed by atoms with Crippen molar-refractivity contribution in [3.8, 4) is 5.75 Å². The number of rotatable bonds is 7.